The zero-order valence-electron chi connectivity index (χ0n) is 15.8. The van der Waals surface area contributed by atoms with Crippen LogP contribution in [0.3, 0.4) is 0 Å². The fourth-order valence-electron chi connectivity index (χ4n) is 2.93. The molecule has 1 heterocycles. The van der Waals surface area contributed by atoms with E-state index in [1.165, 1.54) is 19.2 Å². The number of hydrogen-bond acceptors (Lipinski definition) is 5. The Kier molecular flexibility index (Phi) is 6.41. The molecule has 0 saturated heterocycles. The van der Waals surface area contributed by atoms with Crippen LogP contribution in [-0.4, -0.2) is 30.6 Å². The van der Waals surface area contributed by atoms with Gasteiger partial charge in [-0.15, -0.1) is 0 Å². The first-order valence-corrected chi connectivity index (χ1v) is 9.07. The summed E-state index contributed by atoms with van der Waals surface area (Å²) >= 11 is 5.69. The molecule has 0 aliphatic heterocycles. The number of aromatic nitrogens is 1. The maximum absolute atomic E-state index is 13.2. The normalized spacial score (nSPS) is 10.8. The van der Waals surface area contributed by atoms with Crippen LogP contribution in [0.15, 0.2) is 42.5 Å². The topological polar surface area (TPSA) is 77.5 Å². The number of para-hydroxylation sites is 1. The lowest BCUT2D eigenvalue weighted by Gasteiger charge is -2.14. The Bertz CT molecular complexity index is 1090. The summed E-state index contributed by atoms with van der Waals surface area (Å²) in [4.78, 5) is 29.3. The first kappa shape index (κ1) is 20.7. The van der Waals surface area contributed by atoms with Crippen molar-refractivity contribution < 1.29 is 23.5 Å². The smallest absolute Gasteiger partial charge is 0.340 e. The molecule has 150 valence electrons. The number of amides is 1. The molecule has 0 atom stereocenters. The van der Waals surface area contributed by atoms with E-state index < -0.39 is 24.3 Å². The largest absolute Gasteiger partial charge is 0.452 e. The minimum Gasteiger partial charge on any atom is -0.452 e. The number of nitrogens with one attached hydrogen (secondary N) is 1. The average Bonchev–Trinajstić information content (AvgIpc) is 2.69. The van der Waals surface area contributed by atoms with Crippen molar-refractivity contribution in [2.45, 2.75) is 13.5 Å². The van der Waals surface area contributed by atoms with E-state index in [9.17, 15) is 14.0 Å². The van der Waals surface area contributed by atoms with E-state index in [-0.39, 0.29) is 17.2 Å². The Labute approximate surface area is 171 Å². The standard InChI is InChI=1S/C21H18ClFN2O4/c1-12-14-5-3-4-6-17(14)25-18(10-28-2)20(12)21(27)29-11-19(26)24-13-7-8-16(23)15(22)9-13/h3-9H,10-11H2,1-2H3,(H,24,26). The zero-order chi connectivity index (χ0) is 21.0. The highest BCUT2D eigenvalue weighted by atomic mass is 35.5. The number of hydrogen-bond donors (Lipinski definition) is 1. The molecule has 0 aliphatic rings. The molecular formula is C21H18ClFN2O4. The number of benzene rings is 2. The first-order chi connectivity index (χ1) is 13.9. The number of ether oxygens (including phenoxy) is 2. The number of rotatable bonds is 6. The number of esters is 1. The van der Waals surface area contributed by atoms with Crippen molar-refractivity contribution in [3.8, 4) is 0 Å². The minimum absolute atomic E-state index is 0.121. The van der Waals surface area contributed by atoms with Crippen molar-refractivity contribution in [1.29, 1.82) is 0 Å². The summed E-state index contributed by atoms with van der Waals surface area (Å²) in [5.74, 6) is -1.86. The van der Waals surface area contributed by atoms with Crippen LogP contribution in [0.1, 0.15) is 21.6 Å². The molecule has 8 heteroatoms. The summed E-state index contributed by atoms with van der Waals surface area (Å²) in [5, 5.41) is 3.18. The van der Waals surface area contributed by atoms with Crippen LogP contribution in [0.5, 0.6) is 0 Å². The SMILES string of the molecule is COCc1nc2ccccc2c(C)c1C(=O)OCC(=O)Nc1ccc(F)c(Cl)c1. The third-order valence-corrected chi connectivity index (χ3v) is 4.54. The third-order valence-electron chi connectivity index (χ3n) is 4.25. The second-order valence-electron chi connectivity index (χ2n) is 6.26. The summed E-state index contributed by atoms with van der Waals surface area (Å²) in [6.45, 7) is 1.39. The van der Waals surface area contributed by atoms with Gasteiger partial charge in [-0.25, -0.2) is 14.2 Å². The lowest BCUT2D eigenvalue weighted by molar-refractivity contribution is -0.119. The summed E-state index contributed by atoms with van der Waals surface area (Å²) in [7, 11) is 1.50. The minimum atomic E-state index is -0.680. The van der Waals surface area contributed by atoms with Gasteiger partial charge in [0.1, 0.15) is 5.82 Å². The maximum Gasteiger partial charge on any atom is 0.340 e. The second kappa shape index (κ2) is 8.98. The summed E-state index contributed by atoms with van der Waals surface area (Å²) in [6, 6.07) is 11.2. The highest BCUT2D eigenvalue weighted by Crippen LogP contribution is 2.24. The van der Waals surface area contributed by atoms with E-state index in [0.717, 1.165) is 17.0 Å². The molecule has 1 aromatic heterocycles. The van der Waals surface area contributed by atoms with Gasteiger partial charge in [0.05, 0.1) is 28.4 Å². The number of methoxy groups -OCH3 is 1. The lowest BCUT2D eigenvalue weighted by Crippen LogP contribution is -2.22. The molecule has 29 heavy (non-hydrogen) atoms. The molecule has 1 amide bonds. The van der Waals surface area contributed by atoms with Crippen molar-refractivity contribution in [3.05, 3.63) is 70.1 Å². The average molecular weight is 417 g/mol. The highest BCUT2D eigenvalue weighted by molar-refractivity contribution is 6.31. The van der Waals surface area contributed by atoms with Gasteiger partial charge in [0, 0.05) is 18.2 Å². The fourth-order valence-corrected chi connectivity index (χ4v) is 3.11. The van der Waals surface area contributed by atoms with Crippen LogP contribution < -0.4 is 5.32 Å². The molecule has 0 radical (unpaired) electrons. The fraction of sp³-hybridized carbons (Fsp3) is 0.190. The zero-order valence-corrected chi connectivity index (χ0v) is 16.5. The number of fused-ring (bicyclic) bond motifs is 1. The number of carbonyl (C=O) groups excluding carboxylic acids is 2. The number of pyridine rings is 1. The van der Waals surface area contributed by atoms with Crippen molar-refractivity contribution in [1.82, 2.24) is 4.98 Å². The molecule has 0 fully saturated rings. The van der Waals surface area contributed by atoms with Gasteiger partial charge in [-0.3, -0.25) is 4.79 Å². The molecule has 3 rings (SSSR count). The molecule has 0 saturated carbocycles. The number of anilines is 1. The third kappa shape index (κ3) is 4.70. The molecule has 3 aromatic rings. The summed E-state index contributed by atoms with van der Waals surface area (Å²) in [5.41, 5.74) is 2.42. The van der Waals surface area contributed by atoms with Crippen LogP contribution >= 0.6 is 11.6 Å². The van der Waals surface area contributed by atoms with Crippen molar-refractivity contribution in [2.24, 2.45) is 0 Å². The number of aryl methyl sites for hydroxylation is 1. The van der Waals surface area contributed by atoms with E-state index in [0.29, 0.717) is 16.9 Å². The van der Waals surface area contributed by atoms with Crippen LogP contribution in [0.2, 0.25) is 5.02 Å². The van der Waals surface area contributed by atoms with Gasteiger partial charge in [-0.05, 0) is 36.8 Å². The maximum atomic E-state index is 13.2. The van der Waals surface area contributed by atoms with Crippen molar-refractivity contribution in [2.75, 3.05) is 19.0 Å². The van der Waals surface area contributed by atoms with Gasteiger partial charge in [-0.1, -0.05) is 29.8 Å². The van der Waals surface area contributed by atoms with Gasteiger partial charge in [-0.2, -0.15) is 0 Å². The monoisotopic (exact) mass is 416 g/mol. The van der Waals surface area contributed by atoms with E-state index in [1.54, 1.807) is 6.92 Å². The molecule has 0 spiro atoms. The highest BCUT2D eigenvalue weighted by Gasteiger charge is 2.21. The number of halogens is 2. The van der Waals surface area contributed by atoms with Gasteiger partial charge >= 0.3 is 5.97 Å². The van der Waals surface area contributed by atoms with Crippen molar-refractivity contribution >= 4 is 40.1 Å². The van der Waals surface area contributed by atoms with Gasteiger partial charge in [0.25, 0.3) is 5.91 Å². The van der Waals surface area contributed by atoms with E-state index in [1.807, 2.05) is 24.3 Å². The predicted octanol–water partition coefficient (Wildman–Crippen LogP) is 4.28. The molecule has 1 N–H and O–H groups in total. The molecule has 6 nitrogen and oxygen atoms in total. The molecule has 0 aliphatic carbocycles. The van der Waals surface area contributed by atoms with Gasteiger partial charge in [0.15, 0.2) is 6.61 Å². The number of carbonyl (C=O) groups is 2. The Balaban J connectivity index is 1.76. The Morgan fingerprint density at radius 1 is 1.21 bits per heavy atom. The van der Waals surface area contributed by atoms with Gasteiger partial charge < -0.3 is 14.8 Å². The lowest BCUT2D eigenvalue weighted by atomic mass is 10.0. The Hall–Kier alpha value is -3.03. The van der Waals surface area contributed by atoms with Gasteiger partial charge in [0.2, 0.25) is 0 Å². The van der Waals surface area contributed by atoms with Crippen LogP contribution in [0.25, 0.3) is 10.9 Å². The quantitative estimate of drug-likeness (QED) is 0.607. The summed E-state index contributed by atoms with van der Waals surface area (Å²) in [6.07, 6.45) is 0. The van der Waals surface area contributed by atoms with E-state index >= 15 is 0 Å². The summed E-state index contributed by atoms with van der Waals surface area (Å²) < 4.78 is 23.5. The van der Waals surface area contributed by atoms with Crippen molar-refractivity contribution in [3.63, 3.8) is 0 Å². The second-order valence-corrected chi connectivity index (χ2v) is 6.67. The van der Waals surface area contributed by atoms with E-state index in [4.69, 9.17) is 21.1 Å². The Morgan fingerprint density at radius 3 is 2.69 bits per heavy atom. The molecule has 0 unspecified atom stereocenters. The molecular weight excluding hydrogens is 399 g/mol. The van der Waals surface area contributed by atoms with E-state index in [2.05, 4.69) is 10.3 Å². The molecule has 0 bridgehead atoms. The number of nitrogens with zero attached hydrogens (tertiary/aromatic N) is 1. The van der Waals surface area contributed by atoms with Crippen LogP contribution in [-0.2, 0) is 20.9 Å². The Morgan fingerprint density at radius 2 is 1.97 bits per heavy atom. The van der Waals surface area contributed by atoms with Crippen LogP contribution in [0, 0.1) is 12.7 Å². The van der Waals surface area contributed by atoms with Crippen LogP contribution in [0.4, 0.5) is 10.1 Å². The molecule has 2 aromatic carbocycles. The first-order valence-electron chi connectivity index (χ1n) is 8.70. The predicted molar refractivity (Wildman–Crippen MR) is 108 cm³/mol.